The van der Waals surface area contributed by atoms with Gasteiger partial charge in [0.15, 0.2) is 0 Å². The Bertz CT molecular complexity index is 941. The number of carbonyl (C=O) groups excluding carboxylic acids is 1. The van der Waals surface area contributed by atoms with Gasteiger partial charge in [0.2, 0.25) is 0 Å². The lowest BCUT2D eigenvalue weighted by Crippen LogP contribution is -2.49. The van der Waals surface area contributed by atoms with Gasteiger partial charge in [0, 0.05) is 62.6 Å². The molecule has 1 aliphatic heterocycles. The van der Waals surface area contributed by atoms with Gasteiger partial charge in [0.05, 0.1) is 0 Å². The number of imidazole rings is 1. The Morgan fingerprint density at radius 3 is 3.00 bits per heavy atom. The monoisotopic (exact) mass is 377 g/mol. The van der Waals surface area contributed by atoms with E-state index in [2.05, 4.69) is 15.3 Å². The number of nitrogens with zero attached hydrogens (tertiary/aromatic N) is 4. The predicted molar refractivity (Wildman–Crippen MR) is 105 cm³/mol. The maximum Gasteiger partial charge on any atom is 0.254 e. The summed E-state index contributed by atoms with van der Waals surface area (Å²) in [4.78, 5) is 23.7. The summed E-state index contributed by atoms with van der Waals surface area (Å²) in [5.74, 6) is 1.53. The molecule has 1 unspecified atom stereocenters. The lowest BCUT2D eigenvalue weighted by atomic mass is 10.1. The molecular weight excluding hydrogens is 354 g/mol. The number of carbonyl (C=O) groups is 1. The summed E-state index contributed by atoms with van der Waals surface area (Å²) in [6.07, 6.45) is 7.17. The molecule has 3 aromatic rings. The van der Waals surface area contributed by atoms with Crippen LogP contribution in [0.4, 0.5) is 0 Å². The second-order valence-electron chi connectivity index (χ2n) is 6.79. The van der Waals surface area contributed by atoms with Crippen LogP contribution in [0, 0.1) is 0 Å². The smallest absolute Gasteiger partial charge is 0.254 e. The maximum atomic E-state index is 13.2. The molecule has 1 fully saturated rings. The first-order chi connectivity index (χ1) is 13.7. The molecule has 0 saturated carbocycles. The van der Waals surface area contributed by atoms with E-state index in [-0.39, 0.29) is 11.9 Å². The fraction of sp³-hybridized carbons (Fsp3) is 0.286. The number of amides is 1. The third-order valence-electron chi connectivity index (χ3n) is 4.87. The number of piperazine rings is 1. The van der Waals surface area contributed by atoms with Crippen LogP contribution in [0.3, 0.4) is 0 Å². The zero-order chi connectivity index (χ0) is 19.3. The number of aromatic nitrogens is 3. The van der Waals surface area contributed by atoms with Crippen molar-refractivity contribution in [1.29, 1.82) is 0 Å². The Morgan fingerprint density at radius 1 is 1.29 bits per heavy atom. The second-order valence-corrected chi connectivity index (χ2v) is 6.79. The van der Waals surface area contributed by atoms with E-state index in [0.717, 1.165) is 17.9 Å². The van der Waals surface area contributed by atoms with Crippen molar-refractivity contribution in [2.45, 2.75) is 12.6 Å². The summed E-state index contributed by atoms with van der Waals surface area (Å²) >= 11 is 0. The van der Waals surface area contributed by atoms with Crippen LogP contribution in [-0.4, -0.2) is 45.0 Å². The number of benzene rings is 1. The average molecular weight is 377 g/mol. The molecule has 0 bridgehead atoms. The first-order valence-electron chi connectivity index (χ1n) is 9.33. The van der Waals surface area contributed by atoms with Gasteiger partial charge in [-0.25, -0.2) is 4.98 Å². The van der Waals surface area contributed by atoms with Crippen molar-refractivity contribution in [3.05, 3.63) is 78.1 Å². The standard InChI is InChI=1S/C21H23N5O2/c1-25-10-9-24-20(25)19-14-23-8-11-26(19)21(27)17-5-2-6-18(12-17)28-15-16-4-3-7-22-13-16/h2-7,9-10,12-13,19,23H,8,11,14-15H2,1H3. The Morgan fingerprint density at radius 2 is 2.21 bits per heavy atom. The molecule has 7 nitrogen and oxygen atoms in total. The molecule has 1 aliphatic rings. The van der Waals surface area contributed by atoms with Gasteiger partial charge < -0.3 is 19.5 Å². The van der Waals surface area contributed by atoms with Crippen LogP contribution < -0.4 is 10.1 Å². The summed E-state index contributed by atoms with van der Waals surface area (Å²) in [6.45, 7) is 2.50. The molecule has 2 aromatic heterocycles. The number of aryl methyl sites for hydroxylation is 1. The Kier molecular flexibility index (Phi) is 5.34. The van der Waals surface area contributed by atoms with Crippen molar-refractivity contribution >= 4 is 5.91 Å². The minimum Gasteiger partial charge on any atom is -0.489 e. The van der Waals surface area contributed by atoms with Gasteiger partial charge in [-0.2, -0.15) is 0 Å². The molecule has 4 rings (SSSR count). The normalized spacial score (nSPS) is 16.8. The highest BCUT2D eigenvalue weighted by atomic mass is 16.5. The quantitative estimate of drug-likeness (QED) is 0.738. The van der Waals surface area contributed by atoms with Gasteiger partial charge in [-0.1, -0.05) is 12.1 Å². The lowest BCUT2D eigenvalue weighted by molar-refractivity contribution is 0.0620. The SMILES string of the molecule is Cn1ccnc1C1CNCCN1C(=O)c1cccc(OCc2cccnc2)c1. The zero-order valence-electron chi connectivity index (χ0n) is 15.8. The summed E-state index contributed by atoms with van der Waals surface area (Å²) in [5, 5.41) is 3.36. The molecule has 7 heteroatoms. The predicted octanol–water partition coefficient (Wildman–Crippen LogP) is 2.18. The van der Waals surface area contributed by atoms with Gasteiger partial charge >= 0.3 is 0 Å². The molecule has 0 radical (unpaired) electrons. The van der Waals surface area contributed by atoms with Crippen LogP contribution in [-0.2, 0) is 13.7 Å². The van der Waals surface area contributed by atoms with Crippen LogP contribution >= 0.6 is 0 Å². The van der Waals surface area contributed by atoms with Crippen molar-refractivity contribution in [3.8, 4) is 5.75 Å². The summed E-state index contributed by atoms with van der Waals surface area (Å²) < 4.78 is 7.81. The molecule has 0 spiro atoms. The van der Waals surface area contributed by atoms with Crippen LogP contribution in [0.2, 0.25) is 0 Å². The third kappa shape index (κ3) is 3.89. The molecule has 1 saturated heterocycles. The van der Waals surface area contributed by atoms with Crippen molar-refractivity contribution in [1.82, 2.24) is 24.8 Å². The molecule has 0 aliphatic carbocycles. The Balaban J connectivity index is 1.51. The minimum atomic E-state index is -0.0961. The number of ether oxygens (including phenoxy) is 1. The van der Waals surface area contributed by atoms with E-state index in [1.165, 1.54) is 0 Å². The summed E-state index contributed by atoms with van der Waals surface area (Å²) in [5.41, 5.74) is 1.60. The van der Waals surface area contributed by atoms with Gasteiger partial charge in [-0.15, -0.1) is 0 Å². The van der Waals surface area contributed by atoms with E-state index in [4.69, 9.17) is 4.74 Å². The van der Waals surface area contributed by atoms with E-state index >= 15 is 0 Å². The number of hydrogen-bond acceptors (Lipinski definition) is 5. The van der Waals surface area contributed by atoms with E-state index in [1.54, 1.807) is 24.7 Å². The van der Waals surface area contributed by atoms with E-state index in [0.29, 0.717) is 31.0 Å². The van der Waals surface area contributed by atoms with Crippen LogP contribution in [0.1, 0.15) is 27.8 Å². The fourth-order valence-corrected chi connectivity index (χ4v) is 3.41. The van der Waals surface area contributed by atoms with Crippen molar-refractivity contribution in [2.24, 2.45) is 7.05 Å². The minimum absolute atomic E-state index is 0.0127. The highest BCUT2D eigenvalue weighted by Gasteiger charge is 2.31. The van der Waals surface area contributed by atoms with Crippen LogP contribution in [0.25, 0.3) is 0 Å². The van der Waals surface area contributed by atoms with E-state index < -0.39 is 0 Å². The molecule has 3 heterocycles. The van der Waals surface area contributed by atoms with Crippen LogP contribution in [0.5, 0.6) is 5.75 Å². The summed E-state index contributed by atoms with van der Waals surface area (Å²) in [6, 6.07) is 11.1. The van der Waals surface area contributed by atoms with E-state index in [1.807, 2.05) is 53.0 Å². The summed E-state index contributed by atoms with van der Waals surface area (Å²) in [7, 11) is 1.95. The number of nitrogens with one attached hydrogen (secondary N) is 1. The molecule has 28 heavy (non-hydrogen) atoms. The molecular formula is C21H23N5O2. The number of hydrogen-bond donors (Lipinski definition) is 1. The van der Waals surface area contributed by atoms with Crippen LogP contribution in [0.15, 0.2) is 61.2 Å². The highest BCUT2D eigenvalue weighted by Crippen LogP contribution is 2.24. The van der Waals surface area contributed by atoms with Gasteiger partial charge in [0.25, 0.3) is 5.91 Å². The third-order valence-corrected chi connectivity index (χ3v) is 4.87. The topological polar surface area (TPSA) is 72.3 Å². The number of rotatable bonds is 5. The van der Waals surface area contributed by atoms with Crippen molar-refractivity contribution in [2.75, 3.05) is 19.6 Å². The lowest BCUT2D eigenvalue weighted by Gasteiger charge is -2.35. The molecule has 144 valence electrons. The van der Waals surface area contributed by atoms with Crippen molar-refractivity contribution < 1.29 is 9.53 Å². The second kappa shape index (κ2) is 8.22. The number of pyridine rings is 1. The van der Waals surface area contributed by atoms with Gasteiger partial charge in [0.1, 0.15) is 24.2 Å². The zero-order valence-corrected chi connectivity index (χ0v) is 15.8. The van der Waals surface area contributed by atoms with Crippen molar-refractivity contribution in [3.63, 3.8) is 0 Å². The first-order valence-corrected chi connectivity index (χ1v) is 9.33. The van der Waals surface area contributed by atoms with Gasteiger partial charge in [-0.3, -0.25) is 9.78 Å². The first kappa shape index (κ1) is 18.2. The largest absolute Gasteiger partial charge is 0.489 e. The van der Waals surface area contributed by atoms with E-state index in [9.17, 15) is 4.79 Å². The molecule has 1 aromatic carbocycles. The average Bonchev–Trinajstić information content (AvgIpc) is 3.18. The molecule has 1 N–H and O–H groups in total. The van der Waals surface area contributed by atoms with Gasteiger partial charge in [-0.05, 0) is 24.3 Å². The Hall–Kier alpha value is -3.19. The molecule has 1 amide bonds. The fourth-order valence-electron chi connectivity index (χ4n) is 3.41. The Labute approximate surface area is 164 Å². The highest BCUT2D eigenvalue weighted by molar-refractivity contribution is 5.95. The molecule has 1 atom stereocenters. The maximum absolute atomic E-state index is 13.2.